The maximum atomic E-state index is 11.2. The van der Waals surface area contributed by atoms with Crippen LogP contribution in [-0.2, 0) is 11.2 Å². The molecule has 0 saturated carbocycles. The van der Waals surface area contributed by atoms with Crippen LogP contribution in [-0.4, -0.2) is 28.3 Å². The molecule has 0 spiro atoms. The Balaban J connectivity index is 2.61. The van der Waals surface area contributed by atoms with Crippen molar-refractivity contribution in [1.29, 1.82) is 0 Å². The lowest BCUT2D eigenvalue weighted by molar-refractivity contribution is -0.139. The largest absolute Gasteiger partial charge is 0.480 e. The number of nitrogens with one attached hydrogen (secondary N) is 2. The Morgan fingerprint density at radius 1 is 1.28 bits per heavy atom. The number of rotatable bonds is 5. The number of hydrogen-bond donors (Lipinski definition) is 3. The molecule has 1 aromatic rings. The fourth-order valence-corrected chi connectivity index (χ4v) is 1.89. The van der Waals surface area contributed by atoms with Crippen LogP contribution in [0, 0.1) is 0 Å². The SMILES string of the molecule is CC(C)NC(=S)N[C@H](Cc1ccccc1)C(=O)O. The van der Waals surface area contributed by atoms with Gasteiger partial charge in [0, 0.05) is 12.5 Å². The molecule has 0 bridgehead atoms. The van der Waals surface area contributed by atoms with Crippen LogP contribution in [0.15, 0.2) is 30.3 Å². The van der Waals surface area contributed by atoms with Crippen LogP contribution < -0.4 is 10.6 Å². The van der Waals surface area contributed by atoms with E-state index in [9.17, 15) is 4.79 Å². The minimum Gasteiger partial charge on any atom is -0.480 e. The average Bonchev–Trinajstić information content (AvgIpc) is 2.28. The molecule has 0 radical (unpaired) electrons. The van der Waals surface area contributed by atoms with E-state index in [1.165, 1.54) is 0 Å². The molecular formula is C13H18N2O2S. The van der Waals surface area contributed by atoms with E-state index in [4.69, 9.17) is 17.3 Å². The highest BCUT2D eigenvalue weighted by atomic mass is 32.1. The molecule has 0 aliphatic rings. The zero-order chi connectivity index (χ0) is 13.5. The molecule has 5 heteroatoms. The van der Waals surface area contributed by atoms with Gasteiger partial charge in [-0.1, -0.05) is 30.3 Å². The van der Waals surface area contributed by atoms with Crippen molar-refractivity contribution in [3.05, 3.63) is 35.9 Å². The Morgan fingerprint density at radius 2 is 1.89 bits per heavy atom. The van der Waals surface area contributed by atoms with Crippen LogP contribution in [0.1, 0.15) is 19.4 Å². The Hall–Kier alpha value is -1.62. The normalized spacial score (nSPS) is 11.9. The molecule has 0 saturated heterocycles. The highest BCUT2D eigenvalue weighted by molar-refractivity contribution is 7.80. The molecule has 0 aliphatic heterocycles. The van der Waals surface area contributed by atoms with Gasteiger partial charge in [-0.15, -0.1) is 0 Å². The first-order chi connectivity index (χ1) is 8.49. The van der Waals surface area contributed by atoms with E-state index in [-0.39, 0.29) is 6.04 Å². The predicted molar refractivity (Wildman–Crippen MR) is 75.6 cm³/mol. The first kappa shape index (κ1) is 14.4. The molecule has 1 atom stereocenters. The number of carboxylic acid groups (broad SMARTS) is 1. The van der Waals surface area contributed by atoms with Gasteiger partial charge in [0.1, 0.15) is 6.04 Å². The fraction of sp³-hybridized carbons (Fsp3) is 0.385. The van der Waals surface area contributed by atoms with Crippen molar-refractivity contribution >= 4 is 23.3 Å². The minimum atomic E-state index is -0.910. The van der Waals surface area contributed by atoms with Crippen molar-refractivity contribution < 1.29 is 9.90 Å². The summed E-state index contributed by atoms with van der Waals surface area (Å²) in [5, 5.41) is 15.3. The van der Waals surface area contributed by atoms with Crippen LogP contribution >= 0.6 is 12.2 Å². The van der Waals surface area contributed by atoms with Crippen LogP contribution in [0.4, 0.5) is 0 Å². The number of benzene rings is 1. The number of hydrogen-bond acceptors (Lipinski definition) is 2. The van der Waals surface area contributed by atoms with E-state index in [1.807, 2.05) is 44.2 Å². The molecule has 1 rings (SSSR count). The van der Waals surface area contributed by atoms with E-state index in [0.29, 0.717) is 11.5 Å². The van der Waals surface area contributed by atoms with Crippen LogP contribution in [0.3, 0.4) is 0 Å². The molecule has 0 unspecified atom stereocenters. The maximum absolute atomic E-state index is 11.2. The second-order valence-corrected chi connectivity index (χ2v) is 4.76. The highest BCUT2D eigenvalue weighted by Gasteiger charge is 2.18. The first-order valence-corrected chi connectivity index (χ1v) is 6.23. The van der Waals surface area contributed by atoms with Gasteiger partial charge in [-0.25, -0.2) is 4.79 Å². The smallest absolute Gasteiger partial charge is 0.326 e. The third-order valence-electron chi connectivity index (χ3n) is 2.31. The van der Waals surface area contributed by atoms with Gasteiger partial charge in [0.2, 0.25) is 0 Å². The predicted octanol–water partition coefficient (Wildman–Crippen LogP) is 1.55. The van der Waals surface area contributed by atoms with E-state index >= 15 is 0 Å². The van der Waals surface area contributed by atoms with Crippen molar-refractivity contribution in [3.63, 3.8) is 0 Å². The van der Waals surface area contributed by atoms with Crippen molar-refractivity contribution in [1.82, 2.24) is 10.6 Å². The van der Waals surface area contributed by atoms with Gasteiger partial charge in [0.15, 0.2) is 5.11 Å². The summed E-state index contributed by atoms with van der Waals surface area (Å²) >= 11 is 5.06. The maximum Gasteiger partial charge on any atom is 0.326 e. The molecule has 0 aromatic heterocycles. The monoisotopic (exact) mass is 266 g/mol. The van der Waals surface area contributed by atoms with Gasteiger partial charge in [-0.2, -0.15) is 0 Å². The Kier molecular flexibility index (Phi) is 5.58. The van der Waals surface area contributed by atoms with Crippen molar-refractivity contribution in [3.8, 4) is 0 Å². The van der Waals surface area contributed by atoms with Crippen molar-refractivity contribution in [2.24, 2.45) is 0 Å². The Morgan fingerprint density at radius 3 is 2.39 bits per heavy atom. The second kappa shape index (κ2) is 6.96. The average molecular weight is 266 g/mol. The topological polar surface area (TPSA) is 61.4 Å². The Bertz CT molecular complexity index is 407. The lowest BCUT2D eigenvalue weighted by atomic mass is 10.1. The number of thiocarbonyl (C=S) groups is 1. The third-order valence-corrected chi connectivity index (χ3v) is 2.54. The zero-order valence-electron chi connectivity index (χ0n) is 10.5. The van der Waals surface area contributed by atoms with Gasteiger partial charge in [0.05, 0.1) is 0 Å². The summed E-state index contributed by atoms with van der Waals surface area (Å²) in [5.74, 6) is -0.910. The Labute approximate surface area is 112 Å². The number of carboxylic acids is 1. The number of aliphatic carboxylic acids is 1. The summed E-state index contributed by atoms with van der Waals surface area (Å²) in [6.07, 6.45) is 0.399. The molecule has 3 N–H and O–H groups in total. The molecule has 98 valence electrons. The zero-order valence-corrected chi connectivity index (χ0v) is 11.3. The number of carbonyl (C=O) groups is 1. The molecular weight excluding hydrogens is 248 g/mol. The molecule has 0 heterocycles. The summed E-state index contributed by atoms with van der Waals surface area (Å²) in [5.41, 5.74) is 0.963. The molecule has 0 amide bonds. The lowest BCUT2D eigenvalue weighted by Crippen LogP contribution is -2.48. The summed E-state index contributed by atoms with van der Waals surface area (Å²) in [6.45, 7) is 3.89. The van der Waals surface area contributed by atoms with E-state index in [0.717, 1.165) is 5.56 Å². The van der Waals surface area contributed by atoms with E-state index < -0.39 is 12.0 Å². The lowest BCUT2D eigenvalue weighted by Gasteiger charge is -2.18. The van der Waals surface area contributed by atoms with Gasteiger partial charge < -0.3 is 15.7 Å². The molecule has 1 aromatic carbocycles. The van der Waals surface area contributed by atoms with Crippen molar-refractivity contribution in [2.45, 2.75) is 32.4 Å². The summed E-state index contributed by atoms with van der Waals surface area (Å²) in [6, 6.07) is 8.94. The second-order valence-electron chi connectivity index (χ2n) is 4.35. The molecule has 0 fully saturated rings. The van der Waals surface area contributed by atoms with Gasteiger partial charge in [0.25, 0.3) is 0 Å². The van der Waals surface area contributed by atoms with Crippen LogP contribution in [0.2, 0.25) is 0 Å². The molecule has 18 heavy (non-hydrogen) atoms. The van der Waals surface area contributed by atoms with Crippen LogP contribution in [0.25, 0.3) is 0 Å². The van der Waals surface area contributed by atoms with Gasteiger partial charge in [-0.3, -0.25) is 0 Å². The van der Waals surface area contributed by atoms with Gasteiger partial charge in [-0.05, 0) is 31.6 Å². The minimum absolute atomic E-state index is 0.177. The summed E-state index contributed by atoms with van der Waals surface area (Å²) in [7, 11) is 0. The van der Waals surface area contributed by atoms with E-state index in [1.54, 1.807) is 0 Å². The summed E-state index contributed by atoms with van der Waals surface area (Å²) in [4.78, 5) is 11.2. The quantitative estimate of drug-likeness (QED) is 0.706. The van der Waals surface area contributed by atoms with Crippen LogP contribution in [0.5, 0.6) is 0 Å². The fourth-order valence-electron chi connectivity index (χ4n) is 1.51. The van der Waals surface area contributed by atoms with Gasteiger partial charge >= 0.3 is 5.97 Å². The summed E-state index contributed by atoms with van der Waals surface area (Å²) < 4.78 is 0. The highest BCUT2D eigenvalue weighted by Crippen LogP contribution is 2.03. The third kappa shape index (κ3) is 5.14. The van der Waals surface area contributed by atoms with E-state index in [2.05, 4.69) is 10.6 Å². The first-order valence-electron chi connectivity index (χ1n) is 5.83. The van der Waals surface area contributed by atoms with Crippen molar-refractivity contribution in [2.75, 3.05) is 0 Å². The molecule has 0 aliphatic carbocycles. The molecule has 4 nitrogen and oxygen atoms in total. The standard InChI is InChI=1S/C13H18N2O2S/c1-9(2)14-13(18)15-11(12(16)17)8-10-6-4-3-5-7-10/h3-7,9,11H,8H2,1-2H3,(H,16,17)(H2,14,15,18)/t11-/m1/s1.